The molecule has 0 spiro atoms. The minimum absolute atomic E-state index is 0.0115. The van der Waals surface area contributed by atoms with Gasteiger partial charge in [0.25, 0.3) is 5.91 Å². The van der Waals surface area contributed by atoms with E-state index in [-0.39, 0.29) is 23.0 Å². The number of rotatable bonds is 5. The molecule has 0 fully saturated rings. The molecule has 8 nitrogen and oxygen atoms in total. The van der Waals surface area contributed by atoms with Crippen LogP contribution in [0.1, 0.15) is 27.3 Å². The first-order chi connectivity index (χ1) is 16.3. The Morgan fingerprint density at radius 1 is 1.12 bits per heavy atom. The van der Waals surface area contributed by atoms with E-state index in [1.807, 2.05) is 31.2 Å². The summed E-state index contributed by atoms with van der Waals surface area (Å²) in [5.41, 5.74) is 0.922. The van der Waals surface area contributed by atoms with Crippen LogP contribution in [0.25, 0.3) is 16.2 Å². The number of carbonyl (C=O) groups excluding carboxylic acids is 1. The second-order valence-corrected chi connectivity index (χ2v) is 8.45. The zero-order chi connectivity index (χ0) is 23.9. The number of thiophene rings is 1. The fourth-order valence-corrected chi connectivity index (χ4v) is 4.00. The Labute approximate surface area is 194 Å². The molecule has 0 bridgehead atoms. The van der Waals surface area contributed by atoms with Gasteiger partial charge in [-0.2, -0.15) is 18.3 Å². The minimum atomic E-state index is -4.69. The molecule has 5 aromatic rings. The zero-order valence-electron chi connectivity index (χ0n) is 17.6. The van der Waals surface area contributed by atoms with Crippen molar-refractivity contribution in [2.45, 2.75) is 19.6 Å². The quantitative estimate of drug-likeness (QED) is 0.392. The van der Waals surface area contributed by atoms with Gasteiger partial charge in [-0.05, 0) is 30.0 Å². The predicted molar refractivity (Wildman–Crippen MR) is 120 cm³/mol. The van der Waals surface area contributed by atoms with Gasteiger partial charge in [-0.3, -0.25) is 10.1 Å². The van der Waals surface area contributed by atoms with Gasteiger partial charge < -0.3 is 0 Å². The SMILES string of the molecule is Cc1ccc(Cn2cnc(NC(=O)c3cc4nc(-c5cccs5)cc(C(F)(F)F)n4n3)n2)cc1. The molecule has 0 atom stereocenters. The van der Waals surface area contributed by atoms with Gasteiger partial charge in [0.15, 0.2) is 17.0 Å². The van der Waals surface area contributed by atoms with E-state index in [0.717, 1.165) is 17.2 Å². The van der Waals surface area contributed by atoms with Crippen LogP contribution in [0.15, 0.2) is 60.2 Å². The second kappa shape index (κ2) is 8.37. The van der Waals surface area contributed by atoms with Crippen LogP contribution in [0.2, 0.25) is 0 Å². The van der Waals surface area contributed by atoms with E-state index in [2.05, 4.69) is 25.5 Å². The second-order valence-electron chi connectivity index (χ2n) is 7.51. The monoisotopic (exact) mass is 483 g/mol. The van der Waals surface area contributed by atoms with Gasteiger partial charge >= 0.3 is 6.18 Å². The van der Waals surface area contributed by atoms with E-state index in [0.29, 0.717) is 15.9 Å². The summed E-state index contributed by atoms with van der Waals surface area (Å²) in [7, 11) is 0. The summed E-state index contributed by atoms with van der Waals surface area (Å²) >= 11 is 1.26. The Bertz CT molecular complexity index is 1470. The predicted octanol–water partition coefficient (Wildman–Crippen LogP) is 4.68. The van der Waals surface area contributed by atoms with Crippen molar-refractivity contribution in [3.63, 3.8) is 0 Å². The van der Waals surface area contributed by atoms with E-state index >= 15 is 0 Å². The molecule has 4 aromatic heterocycles. The van der Waals surface area contributed by atoms with E-state index in [1.165, 1.54) is 23.7 Å². The van der Waals surface area contributed by atoms with Crippen LogP contribution in [-0.4, -0.2) is 35.3 Å². The maximum Gasteiger partial charge on any atom is 0.433 e. The van der Waals surface area contributed by atoms with Gasteiger partial charge in [-0.15, -0.1) is 16.4 Å². The van der Waals surface area contributed by atoms with Crippen molar-refractivity contribution in [2.24, 2.45) is 0 Å². The zero-order valence-corrected chi connectivity index (χ0v) is 18.4. The highest BCUT2D eigenvalue weighted by atomic mass is 32.1. The van der Waals surface area contributed by atoms with Gasteiger partial charge in [0.2, 0.25) is 5.95 Å². The lowest BCUT2D eigenvalue weighted by molar-refractivity contribution is -0.142. The van der Waals surface area contributed by atoms with Crippen molar-refractivity contribution >= 4 is 28.8 Å². The topological polar surface area (TPSA) is 90.0 Å². The van der Waals surface area contributed by atoms with Crippen LogP contribution < -0.4 is 5.32 Å². The number of hydrogen-bond donors (Lipinski definition) is 1. The van der Waals surface area contributed by atoms with Crippen LogP contribution in [0.5, 0.6) is 0 Å². The number of aromatic nitrogens is 6. The lowest BCUT2D eigenvalue weighted by atomic mass is 10.1. The summed E-state index contributed by atoms with van der Waals surface area (Å²) in [4.78, 5) is 21.6. The van der Waals surface area contributed by atoms with Crippen molar-refractivity contribution in [3.05, 3.63) is 82.8 Å². The maximum atomic E-state index is 13.7. The summed E-state index contributed by atoms with van der Waals surface area (Å²) in [6, 6.07) is 13.4. The Morgan fingerprint density at radius 3 is 2.62 bits per heavy atom. The molecule has 34 heavy (non-hydrogen) atoms. The van der Waals surface area contributed by atoms with Gasteiger partial charge in [-0.1, -0.05) is 35.9 Å². The highest BCUT2D eigenvalue weighted by molar-refractivity contribution is 7.13. The fraction of sp³-hybridized carbons (Fsp3) is 0.136. The number of amides is 1. The van der Waals surface area contributed by atoms with E-state index in [1.54, 1.807) is 22.2 Å². The Morgan fingerprint density at radius 2 is 1.91 bits per heavy atom. The van der Waals surface area contributed by atoms with E-state index in [9.17, 15) is 18.0 Å². The lowest BCUT2D eigenvalue weighted by Gasteiger charge is -2.10. The van der Waals surface area contributed by atoms with Crippen LogP contribution in [0.3, 0.4) is 0 Å². The normalized spacial score (nSPS) is 11.8. The molecule has 0 aliphatic rings. The van der Waals surface area contributed by atoms with Gasteiger partial charge in [-0.25, -0.2) is 19.2 Å². The number of nitrogens with zero attached hydrogens (tertiary/aromatic N) is 6. The molecule has 0 radical (unpaired) electrons. The van der Waals surface area contributed by atoms with Crippen LogP contribution in [0.4, 0.5) is 19.1 Å². The first-order valence-corrected chi connectivity index (χ1v) is 10.9. The summed E-state index contributed by atoms with van der Waals surface area (Å²) in [6.07, 6.45) is -3.24. The number of anilines is 1. The molecule has 0 aliphatic carbocycles. The van der Waals surface area contributed by atoms with Crippen molar-refractivity contribution in [2.75, 3.05) is 5.32 Å². The number of halogens is 3. The number of alkyl halides is 3. The standard InChI is InChI=1S/C22H16F3N7OS/c1-13-4-6-14(7-5-13)11-31-12-26-21(30-31)28-20(33)16-10-19-27-15(17-3-2-8-34-17)9-18(22(23,24)25)32(19)29-16/h2-10,12H,11H2,1H3,(H,28,30,33). The number of benzene rings is 1. The number of nitrogens with one attached hydrogen (secondary N) is 1. The Balaban J connectivity index is 1.40. The Kier molecular flexibility index (Phi) is 5.36. The molecule has 1 N–H and O–H groups in total. The lowest BCUT2D eigenvalue weighted by Crippen LogP contribution is -2.16. The minimum Gasteiger partial charge on any atom is -0.288 e. The molecular weight excluding hydrogens is 467 g/mol. The molecular formula is C22H16F3N7OS. The molecule has 1 amide bonds. The van der Waals surface area contributed by atoms with Crippen LogP contribution in [0, 0.1) is 6.92 Å². The first-order valence-electron chi connectivity index (χ1n) is 10.0. The number of fused-ring (bicyclic) bond motifs is 1. The summed E-state index contributed by atoms with van der Waals surface area (Å²) < 4.78 is 43.2. The first kappa shape index (κ1) is 21.8. The summed E-state index contributed by atoms with van der Waals surface area (Å²) in [5.74, 6) is -0.734. The van der Waals surface area contributed by atoms with Crippen molar-refractivity contribution in [1.82, 2.24) is 29.4 Å². The number of hydrogen-bond acceptors (Lipinski definition) is 6. The number of aryl methyl sites for hydroxylation is 1. The Hall–Kier alpha value is -4.06. The summed E-state index contributed by atoms with van der Waals surface area (Å²) in [5, 5.41) is 12.3. The molecule has 4 heterocycles. The van der Waals surface area contributed by atoms with Crippen LogP contribution in [-0.2, 0) is 12.7 Å². The molecule has 172 valence electrons. The molecule has 5 rings (SSSR count). The van der Waals surface area contributed by atoms with E-state index < -0.39 is 17.8 Å². The van der Waals surface area contributed by atoms with Crippen molar-refractivity contribution in [1.29, 1.82) is 0 Å². The average molecular weight is 483 g/mol. The largest absolute Gasteiger partial charge is 0.433 e. The van der Waals surface area contributed by atoms with Gasteiger partial charge in [0.1, 0.15) is 6.33 Å². The number of carbonyl (C=O) groups is 1. The molecule has 0 saturated carbocycles. The van der Waals surface area contributed by atoms with Crippen molar-refractivity contribution in [3.8, 4) is 10.6 Å². The van der Waals surface area contributed by atoms with Gasteiger partial charge in [0.05, 0.1) is 17.1 Å². The molecule has 0 saturated heterocycles. The highest BCUT2D eigenvalue weighted by Gasteiger charge is 2.35. The summed E-state index contributed by atoms with van der Waals surface area (Å²) in [6.45, 7) is 2.43. The van der Waals surface area contributed by atoms with E-state index in [4.69, 9.17) is 0 Å². The molecule has 0 unspecified atom stereocenters. The maximum absolute atomic E-state index is 13.7. The average Bonchev–Trinajstić information content (AvgIpc) is 3.54. The highest BCUT2D eigenvalue weighted by Crippen LogP contribution is 2.33. The smallest absolute Gasteiger partial charge is 0.288 e. The molecule has 0 aliphatic heterocycles. The third-order valence-electron chi connectivity index (χ3n) is 4.95. The third kappa shape index (κ3) is 4.39. The molecule has 1 aromatic carbocycles. The van der Waals surface area contributed by atoms with Gasteiger partial charge in [0, 0.05) is 6.07 Å². The van der Waals surface area contributed by atoms with Crippen molar-refractivity contribution < 1.29 is 18.0 Å². The third-order valence-corrected chi connectivity index (χ3v) is 5.84. The molecule has 12 heteroatoms. The fourth-order valence-electron chi connectivity index (χ4n) is 3.31. The van der Waals surface area contributed by atoms with Crippen LogP contribution >= 0.6 is 11.3 Å².